The summed E-state index contributed by atoms with van der Waals surface area (Å²) in [5.41, 5.74) is 0.910. The van der Waals surface area contributed by atoms with Gasteiger partial charge in [-0.3, -0.25) is 0 Å². The van der Waals surface area contributed by atoms with Gasteiger partial charge in [-0.25, -0.2) is 0 Å². The first-order chi connectivity index (χ1) is 9.20. The van der Waals surface area contributed by atoms with Crippen LogP contribution in [0, 0.1) is 0 Å². The molecule has 0 radical (unpaired) electrons. The van der Waals surface area contributed by atoms with Gasteiger partial charge in [0.1, 0.15) is 11.5 Å². The van der Waals surface area contributed by atoms with Crippen LogP contribution < -0.4 is 4.74 Å². The molecule has 2 aromatic rings. The Bertz CT molecular complexity index is 525. The number of aromatic hydroxyl groups is 1. The third-order valence-corrected chi connectivity index (χ3v) is 3.17. The minimum atomic E-state index is -0.156. The summed E-state index contributed by atoms with van der Waals surface area (Å²) in [5.74, 6) is 0.644. The topological polar surface area (TPSA) is 49.7 Å². The van der Waals surface area contributed by atoms with Gasteiger partial charge in [-0.15, -0.1) is 0 Å². The van der Waals surface area contributed by atoms with E-state index in [4.69, 9.17) is 16.3 Å². The first-order valence-corrected chi connectivity index (χ1v) is 6.35. The summed E-state index contributed by atoms with van der Waals surface area (Å²) in [7, 11) is 0. The lowest BCUT2D eigenvalue weighted by Crippen LogP contribution is -2.14. The predicted molar refractivity (Wildman–Crippen MR) is 74.9 cm³/mol. The van der Waals surface area contributed by atoms with Crippen LogP contribution in [0.15, 0.2) is 48.5 Å². The normalized spacial score (nSPS) is 12.1. The fraction of sp³-hybridized carbons (Fsp3) is 0.200. The Kier molecular flexibility index (Phi) is 4.66. The number of hydrogen-bond acceptors (Lipinski definition) is 3. The van der Waals surface area contributed by atoms with E-state index in [0.29, 0.717) is 17.4 Å². The molecule has 0 aliphatic carbocycles. The molecule has 4 heteroatoms. The lowest BCUT2D eigenvalue weighted by molar-refractivity contribution is 0.205. The molecule has 1 unspecified atom stereocenters. The van der Waals surface area contributed by atoms with Gasteiger partial charge >= 0.3 is 0 Å². The fourth-order valence-electron chi connectivity index (χ4n) is 1.75. The SMILES string of the molecule is OCC(COc1ccccc1Cl)c1ccc(O)cc1. The molecule has 0 amide bonds. The van der Waals surface area contributed by atoms with Gasteiger partial charge in [0.05, 0.1) is 18.2 Å². The minimum absolute atomic E-state index is 0.0325. The zero-order valence-electron chi connectivity index (χ0n) is 10.3. The van der Waals surface area contributed by atoms with E-state index in [1.165, 1.54) is 0 Å². The van der Waals surface area contributed by atoms with Crippen LogP contribution in [0.1, 0.15) is 11.5 Å². The van der Waals surface area contributed by atoms with Crippen molar-refractivity contribution in [2.45, 2.75) is 5.92 Å². The second-order valence-corrected chi connectivity index (χ2v) is 4.62. The van der Waals surface area contributed by atoms with Crippen molar-refractivity contribution in [3.05, 3.63) is 59.1 Å². The highest BCUT2D eigenvalue weighted by Crippen LogP contribution is 2.25. The number of ether oxygens (including phenoxy) is 1. The quantitative estimate of drug-likeness (QED) is 0.883. The van der Waals surface area contributed by atoms with Gasteiger partial charge < -0.3 is 14.9 Å². The van der Waals surface area contributed by atoms with E-state index >= 15 is 0 Å². The van der Waals surface area contributed by atoms with Crippen molar-refractivity contribution in [2.75, 3.05) is 13.2 Å². The zero-order chi connectivity index (χ0) is 13.7. The van der Waals surface area contributed by atoms with E-state index in [1.54, 1.807) is 36.4 Å². The molecule has 2 N–H and O–H groups in total. The molecule has 0 saturated heterocycles. The van der Waals surface area contributed by atoms with Gasteiger partial charge in [-0.1, -0.05) is 35.9 Å². The molecule has 0 aliphatic heterocycles. The van der Waals surface area contributed by atoms with Crippen LogP contribution in [-0.2, 0) is 0 Å². The van der Waals surface area contributed by atoms with E-state index in [0.717, 1.165) is 5.56 Å². The number of phenolic OH excluding ortho intramolecular Hbond substituents is 1. The van der Waals surface area contributed by atoms with E-state index in [9.17, 15) is 10.2 Å². The number of benzene rings is 2. The smallest absolute Gasteiger partial charge is 0.137 e. The molecule has 0 aliphatic rings. The molecule has 1 atom stereocenters. The highest BCUT2D eigenvalue weighted by molar-refractivity contribution is 6.32. The lowest BCUT2D eigenvalue weighted by atomic mass is 10.0. The molecule has 2 rings (SSSR count). The van der Waals surface area contributed by atoms with E-state index in [-0.39, 0.29) is 18.3 Å². The summed E-state index contributed by atoms with van der Waals surface area (Å²) < 4.78 is 5.62. The van der Waals surface area contributed by atoms with Crippen LogP contribution >= 0.6 is 11.6 Å². The minimum Gasteiger partial charge on any atom is -0.508 e. The summed E-state index contributed by atoms with van der Waals surface area (Å²) in [6, 6.07) is 13.9. The Labute approximate surface area is 117 Å². The van der Waals surface area contributed by atoms with Crippen LogP contribution in [-0.4, -0.2) is 23.4 Å². The maximum atomic E-state index is 9.42. The summed E-state index contributed by atoms with van der Waals surface area (Å²) in [4.78, 5) is 0. The predicted octanol–water partition coefficient (Wildman–Crippen LogP) is 3.20. The average Bonchev–Trinajstić information content (AvgIpc) is 2.43. The molecule has 3 nitrogen and oxygen atoms in total. The molecular formula is C15H15ClO3. The Morgan fingerprint density at radius 3 is 2.37 bits per heavy atom. The third-order valence-electron chi connectivity index (χ3n) is 2.86. The van der Waals surface area contributed by atoms with Crippen LogP contribution in [0.4, 0.5) is 0 Å². The second-order valence-electron chi connectivity index (χ2n) is 4.21. The van der Waals surface area contributed by atoms with E-state index in [2.05, 4.69) is 0 Å². The highest BCUT2D eigenvalue weighted by Gasteiger charge is 2.12. The first kappa shape index (κ1) is 13.7. The van der Waals surface area contributed by atoms with Crippen molar-refractivity contribution in [2.24, 2.45) is 0 Å². The molecule has 19 heavy (non-hydrogen) atoms. The van der Waals surface area contributed by atoms with Crippen LogP contribution in [0.25, 0.3) is 0 Å². The Morgan fingerprint density at radius 2 is 1.74 bits per heavy atom. The van der Waals surface area contributed by atoms with E-state index < -0.39 is 0 Å². The van der Waals surface area contributed by atoms with Crippen molar-refractivity contribution in [1.82, 2.24) is 0 Å². The zero-order valence-corrected chi connectivity index (χ0v) is 11.0. The molecule has 0 spiro atoms. The van der Waals surface area contributed by atoms with Crippen molar-refractivity contribution in [3.63, 3.8) is 0 Å². The number of para-hydroxylation sites is 1. The van der Waals surface area contributed by atoms with Crippen molar-refractivity contribution in [1.29, 1.82) is 0 Å². The maximum Gasteiger partial charge on any atom is 0.137 e. The third kappa shape index (κ3) is 3.63. The lowest BCUT2D eigenvalue weighted by Gasteiger charge is -2.16. The summed E-state index contributed by atoms with van der Waals surface area (Å²) in [5, 5.41) is 19.2. The number of aliphatic hydroxyl groups is 1. The molecule has 0 saturated carbocycles. The number of rotatable bonds is 5. The number of hydrogen-bond donors (Lipinski definition) is 2. The Hall–Kier alpha value is -1.71. The Balaban J connectivity index is 2.04. The molecule has 100 valence electrons. The summed E-state index contributed by atoms with van der Waals surface area (Å²) in [6.07, 6.45) is 0. The first-order valence-electron chi connectivity index (χ1n) is 5.98. The molecule has 0 bridgehead atoms. The molecule has 0 aromatic heterocycles. The number of aliphatic hydroxyl groups excluding tert-OH is 1. The molecule has 0 heterocycles. The maximum absolute atomic E-state index is 9.42. The average molecular weight is 279 g/mol. The second kappa shape index (κ2) is 6.45. The highest BCUT2D eigenvalue weighted by atomic mass is 35.5. The molecular weight excluding hydrogens is 264 g/mol. The summed E-state index contributed by atoms with van der Waals surface area (Å²) >= 11 is 6.00. The van der Waals surface area contributed by atoms with Gasteiger partial charge in [0, 0.05) is 5.92 Å². The van der Waals surface area contributed by atoms with Gasteiger partial charge in [0.15, 0.2) is 0 Å². The Morgan fingerprint density at radius 1 is 1.05 bits per heavy atom. The van der Waals surface area contributed by atoms with Crippen molar-refractivity contribution in [3.8, 4) is 11.5 Å². The molecule has 2 aromatic carbocycles. The van der Waals surface area contributed by atoms with Gasteiger partial charge in [0.2, 0.25) is 0 Å². The standard InChI is InChI=1S/C15H15ClO3/c16-14-3-1-2-4-15(14)19-10-12(9-17)11-5-7-13(18)8-6-11/h1-8,12,17-18H,9-10H2. The number of halogens is 1. The fourth-order valence-corrected chi connectivity index (χ4v) is 1.94. The van der Waals surface area contributed by atoms with Crippen LogP contribution in [0.3, 0.4) is 0 Å². The summed E-state index contributed by atoms with van der Waals surface area (Å²) in [6.45, 7) is 0.292. The molecule has 0 fully saturated rings. The number of phenols is 1. The van der Waals surface area contributed by atoms with Gasteiger partial charge in [-0.05, 0) is 29.8 Å². The van der Waals surface area contributed by atoms with Gasteiger partial charge in [0.25, 0.3) is 0 Å². The largest absolute Gasteiger partial charge is 0.508 e. The van der Waals surface area contributed by atoms with E-state index in [1.807, 2.05) is 12.1 Å². The van der Waals surface area contributed by atoms with Crippen molar-refractivity contribution >= 4 is 11.6 Å². The van der Waals surface area contributed by atoms with Crippen LogP contribution in [0.5, 0.6) is 11.5 Å². The monoisotopic (exact) mass is 278 g/mol. The van der Waals surface area contributed by atoms with Crippen molar-refractivity contribution < 1.29 is 14.9 Å². The van der Waals surface area contributed by atoms with Gasteiger partial charge in [-0.2, -0.15) is 0 Å². The van der Waals surface area contributed by atoms with Crippen LogP contribution in [0.2, 0.25) is 5.02 Å².